The minimum Gasteiger partial charge on any atom is -0.379 e. The number of carbonyl (C=O) groups excluding carboxylic acids is 1. The number of hydrogen-bond donors (Lipinski definition) is 1. The lowest BCUT2D eigenvalue weighted by Gasteiger charge is -2.22. The van der Waals surface area contributed by atoms with Gasteiger partial charge in [-0.1, -0.05) is 24.3 Å². The second kappa shape index (κ2) is 12.4. The lowest BCUT2D eigenvalue weighted by atomic mass is 10.1. The van der Waals surface area contributed by atoms with Gasteiger partial charge in [0, 0.05) is 52.8 Å². The van der Waals surface area contributed by atoms with E-state index in [1.54, 1.807) is 0 Å². The van der Waals surface area contributed by atoms with Crippen molar-refractivity contribution >= 4 is 35.8 Å². The Kier molecular flexibility index (Phi) is 10.2. The molecule has 1 amide bonds. The van der Waals surface area contributed by atoms with E-state index in [9.17, 15) is 4.79 Å². The maximum atomic E-state index is 12.5. The molecule has 1 aromatic rings. The van der Waals surface area contributed by atoms with Gasteiger partial charge in [0.1, 0.15) is 0 Å². The summed E-state index contributed by atoms with van der Waals surface area (Å²) >= 11 is 0. The average molecular weight is 514 g/mol. The fraction of sp³-hybridized carbons (Fsp3) is 0.636. The van der Waals surface area contributed by atoms with Crippen LogP contribution in [0.25, 0.3) is 0 Å². The monoisotopic (exact) mass is 514 g/mol. The summed E-state index contributed by atoms with van der Waals surface area (Å²) in [6.45, 7) is 7.48. The quantitative estimate of drug-likeness (QED) is 0.226. The smallest absolute Gasteiger partial charge is 0.223 e. The maximum absolute atomic E-state index is 12.5. The first-order valence-corrected chi connectivity index (χ1v) is 10.6. The predicted octanol–water partition coefficient (Wildman–Crippen LogP) is 3.25. The highest BCUT2D eigenvalue weighted by atomic mass is 127. The molecule has 1 N–H and O–H groups in total. The fourth-order valence-corrected chi connectivity index (χ4v) is 3.39. The molecule has 3 rings (SSSR count). The van der Waals surface area contributed by atoms with Crippen LogP contribution in [0.2, 0.25) is 0 Å². The van der Waals surface area contributed by atoms with Gasteiger partial charge in [-0.15, -0.1) is 24.0 Å². The van der Waals surface area contributed by atoms with E-state index in [1.165, 1.54) is 24.0 Å². The molecule has 0 radical (unpaired) electrons. The standard InChI is InChI=1S/C22H34N4O2.HI/c1-3-23-22(25(2)13-14-28-17-18-10-11-18)24-12-6-9-21(27)26-15-19-7-4-5-8-20(19)16-26;/h4-5,7-8,18H,3,6,9-17H2,1-2H3,(H,23,24);1H. The number of rotatable bonds is 10. The van der Waals surface area contributed by atoms with Gasteiger partial charge in [0.2, 0.25) is 5.91 Å². The molecule has 29 heavy (non-hydrogen) atoms. The number of amides is 1. The largest absolute Gasteiger partial charge is 0.379 e. The van der Waals surface area contributed by atoms with Gasteiger partial charge in [0.05, 0.1) is 6.61 Å². The fourth-order valence-electron chi connectivity index (χ4n) is 3.39. The van der Waals surface area contributed by atoms with E-state index in [4.69, 9.17) is 4.74 Å². The third-order valence-corrected chi connectivity index (χ3v) is 5.32. The van der Waals surface area contributed by atoms with Crippen molar-refractivity contribution < 1.29 is 9.53 Å². The lowest BCUT2D eigenvalue weighted by Crippen LogP contribution is -2.40. The Morgan fingerprint density at radius 3 is 2.59 bits per heavy atom. The van der Waals surface area contributed by atoms with Crippen LogP contribution in [-0.4, -0.2) is 61.6 Å². The molecule has 1 fully saturated rings. The Morgan fingerprint density at radius 1 is 1.28 bits per heavy atom. The van der Waals surface area contributed by atoms with Crippen molar-refractivity contribution in [1.29, 1.82) is 0 Å². The number of hydrogen-bond acceptors (Lipinski definition) is 3. The van der Waals surface area contributed by atoms with Crippen LogP contribution in [0.5, 0.6) is 0 Å². The first kappa shape index (κ1) is 23.9. The number of aliphatic imine (C=N–C) groups is 1. The Bertz CT molecular complexity index is 654. The third-order valence-electron chi connectivity index (χ3n) is 5.32. The number of halogens is 1. The molecule has 2 aliphatic rings. The normalized spacial score (nSPS) is 15.7. The van der Waals surface area contributed by atoms with Crippen LogP contribution in [0, 0.1) is 5.92 Å². The molecule has 162 valence electrons. The van der Waals surface area contributed by atoms with E-state index >= 15 is 0 Å². The summed E-state index contributed by atoms with van der Waals surface area (Å²) in [5.41, 5.74) is 2.54. The van der Waals surface area contributed by atoms with E-state index < -0.39 is 0 Å². The average Bonchev–Trinajstić information content (AvgIpc) is 3.42. The number of likely N-dealkylation sites (N-methyl/N-ethyl adjacent to an activating group) is 1. The lowest BCUT2D eigenvalue weighted by molar-refractivity contribution is -0.131. The summed E-state index contributed by atoms with van der Waals surface area (Å²) in [6, 6.07) is 8.30. The molecular formula is C22H35IN4O2. The van der Waals surface area contributed by atoms with Crippen LogP contribution < -0.4 is 5.32 Å². The summed E-state index contributed by atoms with van der Waals surface area (Å²) in [4.78, 5) is 21.2. The summed E-state index contributed by atoms with van der Waals surface area (Å²) in [7, 11) is 2.04. The Morgan fingerprint density at radius 2 is 1.97 bits per heavy atom. The molecule has 7 heteroatoms. The van der Waals surface area contributed by atoms with E-state index in [1.807, 2.05) is 24.1 Å². The van der Waals surface area contributed by atoms with Gasteiger partial charge >= 0.3 is 0 Å². The van der Waals surface area contributed by atoms with Crippen molar-refractivity contribution in [2.24, 2.45) is 10.9 Å². The molecule has 1 heterocycles. The first-order valence-electron chi connectivity index (χ1n) is 10.6. The zero-order valence-electron chi connectivity index (χ0n) is 17.7. The van der Waals surface area contributed by atoms with Gasteiger partial charge in [-0.2, -0.15) is 0 Å². The number of nitrogens with zero attached hydrogens (tertiary/aromatic N) is 3. The Balaban J connectivity index is 0.00000300. The van der Waals surface area contributed by atoms with Crippen molar-refractivity contribution in [2.45, 2.75) is 45.7 Å². The highest BCUT2D eigenvalue weighted by molar-refractivity contribution is 14.0. The van der Waals surface area contributed by atoms with Crippen molar-refractivity contribution in [2.75, 3.05) is 39.9 Å². The molecule has 0 atom stereocenters. The highest BCUT2D eigenvalue weighted by Gasteiger charge is 2.22. The molecule has 6 nitrogen and oxygen atoms in total. The number of ether oxygens (including phenoxy) is 1. The van der Waals surface area contributed by atoms with Crippen molar-refractivity contribution in [1.82, 2.24) is 15.1 Å². The maximum Gasteiger partial charge on any atom is 0.223 e. The van der Waals surface area contributed by atoms with Crippen LogP contribution in [0.1, 0.15) is 43.7 Å². The second-order valence-electron chi connectivity index (χ2n) is 7.80. The molecule has 1 aliphatic heterocycles. The van der Waals surface area contributed by atoms with Crippen LogP contribution in [0.15, 0.2) is 29.3 Å². The van der Waals surface area contributed by atoms with E-state index in [2.05, 4.69) is 34.3 Å². The molecule has 1 aromatic carbocycles. The number of benzene rings is 1. The summed E-state index contributed by atoms with van der Waals surface area (Å²) < 4.78 is 5.72. The zero-order chi connectivity index (χ0) is 19.8. The summed E-state index contributed by atoms with van der Waals surface area (Å²) in [5.74, 6) is 1.91. The van der Waals surface area contributed by atoms with Crippen molar-refractivity contribution in [3.8, 4) is 0 Å². The van der Waals surface area contributed by atoms with E-state index in [0.29, 0.717) is 13.0 Å². The third kappa shape index (κ3) is 7.77. The summed E-state index contributed by atoms with van der Waals surface area (Å²) in [6.07, 6.45) is 3.96. The van der Waals surface area contributed by atoms with Gasteiger partial charge in [-0.05, 0) is 43.2 Å². The van der Waals surface area contributed by atoms with Crippen LogP contribution in [-0.2, 0) is 22.6 Å². The number of fused-ring (bicyclic) bond motifs is 1. The van der Waals surface area contributed by atoms with Crippen LogP contribution in [0.3, 0.4) is 0 Å². The van der Waals surface area contributed by atoms with E-state index in [0.717, 1.165) is 57.7 Å². The molecule has 1 saturated carbocycles. The molecule has 0 aromatic heterocycles. The molecule has 0 saturated heterocycles. The molecule has 0 bridgehead atoms. The molecule has 0 spiro atoms. The minimum absolute atomic E-state index is 0. The van der Waals surface area contributed by atoms with Gasteiger partial charge in [0.25, 0.3) is 0 Å². The highest BCUT2D eigenvalue weighted by Crippen LogP contribution is 2.28. The number of carbonyl (C=O) groups is 1. The van der Waals surface area contributed by atoms with Crippen LogP contribution >= 0.6 is 24.0 Å². The number of guanidine groups is 1. The summed E-state index contributed by atoms with van der Waals surface area (Å²) in [5, 5.41) is 3.32. The second-order valence-corrected chi connectivity index (χ2v) is 7.80. The molecular weight excluding hydrogens is 479 g/mol. The zero-order valence-corrected chi connectivity index (χ0v) is 20.1. The van der Waals surface area contributed by atoms with Crippen molar-refractivity contribution in [3.05, 3.63) is 35.4 Å². The minimum atomic E-state index is 0. The van der Waals surface area contributed by atoms with E-state index in [-0.39, 0.29) is 29.9 Å². The Hall–Kier alpha value is -1.35. The van der Waals surface area contributed by atoms with Gasteiger partial charge in [0.15, 0.2) is 5.96 Å². The van der Waals surface area contributed by atoms with Gasteiger partial charge < -0.3 is 19.9 Å². The molecule has 1 aliphatic carbocycles. The predicted molar refractivity (Wildman–Crippen MR) is 127 cm³/mol. The van der Waals surface area contributed by atoms with Gasteiger partial charge in [-0.3, -0.25) is 9.79 Å². The number of nitrogens with one attached hydrogen (secondary N) is 1. The van der Waals surface area contributed by atoms with Crippen molar-refractivity contribution in [3.63, 3.8) is 0 Å². The Labute approximate surface area is 192 Å². The SMILES string of the molecule is CCNC(=NCCCC(=O)N1Cc2ccccc2C1)N(C)CCOCC1CC1.I. The topological polar surface area (TPSA) is 57.2 Å². The first-order chi connectivity index (χ1) is 13.7. The van der Waals surface area contributed by atoms with Crippen LogP contribution in [0.4, 0.5) is 0 Å². The molecule has 0 unspecified atom stereocenters. The van der Waals surface area contributed by atoms with Gasteiger partial charge in [-0.25, -0.2) is 0 Å².